The molecule has 1 aromatic rings. The predicted molar refractivity (Wildman–Crippen MR) is 80.1 cm³/mol. The predicted octanol–water partition coefficient (Wildman–Crippen LogP) is 3.98. The van der Waals surface area contributed by atoms with Crippen LogP contribution in [0.25, 0.3) is 6.08 Å². The molecule has 0 fully saturated rings. The first-order valence-corrected chi connectivity index (χ1v) is 6.46. The number of nitrogens with two attached hydrogens (primary N) is 1. The Balaban J connectivity index is 3.03. The van der Waals surface area contributed by atoms with Gasteiger partial charge in [-0.2, -0.15) is 0 Å². The second-order valence-corrected chi connectivity index (χ2v) is 5.91. The highest BCUT2D eigenvalue weighted by molar-refractivity contribution is 6.33. The molecule has 3 nitrogen and oxygen atoms in total. The number of benzene rings is 1. The molecule has 0 amide bonds. The van der Waals surface area contributed by atoms with E-state index in [4.69, 9.17) is 22.1 Å². The van der Waals surface area contributed by atoms with Crippen LogP contribution in [0.1, 0.15) is 38.8 Å². The van der Waals surface area contributed by atoms with Crippen LogP contribution in [0.4, 0.5) is 5.69 Å². The molecule has 0 aliphatic rings. The standard InChI is InChI=1S/C15H20ClNO2/c1-9(14(18)19-15(3,4)5)8-11-6-7-12(16)13(17)10(11)2/h6-8H,17H2,1-5H3. The summed E-state index contributed by atoms with van der Waals surface area (Å²) < 4.78 is 5.30. The van der Waals surface area contributed by atoms with Gasteiger partial charge in [0.25, 0.3) is 0 Å². The van der Waals surface area contributed by atoms with Crippen LogP contribution < -0.4 is 5.73 Å². The third kappa shape index (κ3) is 4.28. The Bertz CT molecular complexity index is 528. The van der Waals surface area contributed by atoms with Crippen LogP contribution >= 0.6 is 11.6 Å². The number of anilines is 1. The van der Waals surface area contributed by atoms with Gasteiger partial charge in [0, 0.05) is 5.57 Å². The maximum absolute atomic E-state index is 11.9. The van der Waals surface area contributed by atoms with Gasteiger partial charge in [-0.05, 0) is 57.9 Å². The summed E-state index contributed by atoms with van der Waals surface area (Å²) in [6, 6.07) is 3.56. The molecule has 1 rings (SSSR count). The molecule has 104 valence electrons. The molecule has 4 heteroatoms. The van der Waals surface area contributed by atoms with Crippen molar-refractivity contribution in [3.05, 3.63) is 33.9 Å². The van der Waals surface area contributed by atoms with Gasteiger partial charge >= 0.3 is 5.97 Å². The second kappa shape index (κ2) is 5.66. The number of halogens is 1. The molecule has 1 aromatic carbocycles. The summed E-state index contributed by atoms with van der Waals surface area (Å²) in [5, 5.41) is 0.518. The number of esters is 1. The molecule has 0 aliphatic carbocycles. The van der Waals surface area contributed by atoms with Crippen molar-refractivity contribution in [3.63, 3.8) is 0 Å². The minimum Gasteiger partial charge on any atom is -0.457 e. The topological polar surface area (TPSA) is 52.3 Å². The Morgan fingerprint density at radius 3 is 2.47 bits per heavy atom. The van der Waals surface area contributed by atoms with Gasteiger partial charge in [0.15, 0.2) is 0 Å². The molecule has 0 saturated heterocycles. The minimum atomic E-state index is -0.500. The summed E-state index contributed by atoms with van der Waals surface area (Å²) in [4.78, 5) is 11.9. The average molecular weight is 282 g/mol. The van der Waals surface area contributed by atoms with E-state index in [0.717, 1.165) is 11.1 Å². The van der Waals surface area contributed by atoms with Crippen LogP contribution in [0.15, 0.2) is 17.7 Å². The summed E-state index contributed by atoms with van der Waals surface area (Å²) in [5.74, 6) is -0.333. The molecule has 0 aliphatic heterocycles. The molecular formula is C15H20ClNO2. The first-order valence-electron chi connectivity index (χ1n) is 6.08. The third-order valence-corrected chi connectivity index (χ3v) is 2.93. The van der Waals surface area contributed by atoms with Crippen molar-refractivity contribution in [2.45, 2.75) is 40.2 Å². The van der Waals surface area contributed by atoms with Crippen molar-refractivity contribution >= 4 is 29.3 Å². The molecule has 0 saturated carbocycles. The lowest BCUT2D eigenvalue weighted by molar-refractivity contribution is -0.149. The largest absolute Gasteiger partial charge is 0.457 e. The number of hydrogen-bond donors (Lipinski definition) is 1. The van der Waals surface area contributed by atoms with Crippen molar-refractivity contribution < 1.29 is 9.53 Å². The van der Waals surface area contributed by atoms with Gasteiger partial charge in [0.1, 0.15) is 5.60 Å². The highest BCUT2D eigenvalue weighted by Crippen LogP contribution is 2.26. The van der Waals surface area contributed by atoms with Crippen LogP contribution in [0, 0.1) is 6.92 Å². The Kier molecular flexibility index (Phi) is 4.64. The van der Waals surface area contributed by atoms with Crippen LogP contribution in [0.2, 0.25) is 5.02 Å². The molecular weight excluding hydrogens is 262 g/mol. The van der Waals surface area contributed by atoms with E-state index in [-0.39, 0.29) is 5.97 Å². The monoisotopic (exact) mass is 281 g/mol. The number of carbonyl (C=O) groups is 1. The van der Waals surface area contributed by atoms with E-state index >= 15 is 0 Å². The Morgan fingerprint density at radius 2 is 1.95 bits per heavy atom. The van der Waals surface area contributed by atoms with Gasteiger partial charge < -0.3 is 10.5 Å². The van der Waals surface area contributed by atoms with E-state index in [1.807, 2.05) is 33.8 Å². The van der Waals surface area contributed by atoms with Gasteiger partial charge in [-0.15, -0.1) is 0 Å². The van der Waals surface area contributed by atoms with E-state index in [2.05, 4.69) is 0 Å². The first kappa shape index (κ1) is 15.6. The van der Waals surface area contributed by atoms with Crippen molar-refractivity contribution in [1.82, 2.24) is 0 Å². The number of carbonyl (C=O) groups excluding carboxylic acids is 1. The smallest absolute Gasteiger partial charge is 0.334 e. The Morgan fingerprint density at radius 1 is 1.37 bits per heavy atom. The summed E-state index contributed by atoms with van der Waals surface area (Å²) in [5.41, 5.74) is 8.14. The third-order valence-electron chi connectivity index (χ3n) is 2.60. The van der Waals surface area contributed by atoms with E-state index in [1.54, 1.807) is 19.1 Å². The number of hydrogen-bond acceptors (Lipinski definition) is 3. The molecule has 0 bridgehead atoms. The number of nitrogen functional groups attached to an aromatic ring is 1. The zero-order valence-corrected chi connectivity index (χ0v) is 12.8. The first-order chi connectivity index (χ1) is 8.61. The van der Waals surface area contributed by atoms with Crippen LogP contribution in [-0.2, 0) is 9.53 Å². The lowest BCUT2D eigenvalue weighted by Gasteiger charge is -2.19. The SMILES string of the molecule is CC(=Cc1ccc(Cl)c(N)c1C)C(=O)OC(C)(C)C. The average Bonchev–Trinajstić information content (AvgIpc) is 2.27. The van der Waals surface area contributed by atoms with Gasteiger partial charge in [-0.1, -0.05) is 17.7 Å². The fraction of sp³-hybridized carbons (Fsp3) is 0.400. The molecule has 0 unspecified atom stereocenters. The summed E-state index contributed by atoms with van der Waals surface area (Å²) in [6.07, 6.45) is 1.76. The van der Waals surface area contributed by atoms with Crippen LogP contribution in [-0.4, -0.2) is 11.6 Å². The van der Waals surface area contributed by atoms with Crippen LogP contribution in [0.5, 0.6) is 0 Å². The van der Waals surface area contributed by atoms with Gasteiger partial charge in [0.2, 0.25) is 0 Å². The van der Waals surface area contributed by atoms with Crippen LogP contribution in [0.3, 0.4) is 0 Å². The summed E-state index contributed by atoms with van der Waals surface area (Å²) in [7, 11) is 0. The minimum absolute atomic E-state index is 0.333. The molecule has 0 atom stereocenters. The Hall–Kier alpha value is -1.48. The lowest BCUT2D eigenvalue weighted by Crippen LogP contribution is -2.24. The maximum Gasteiger partial charge on any atom is 0.334 e. The molecule has 0 aromatic heterocycles. The second-order valence-electron chi connectivity index (χ2n) is 5.50. The zero-order valence-electron chi connectivity index (χ0n) is 12.0. The maximum atomic E-state index is 11.9. The molecule has 0 spiro atoms. The van der Waals surface area contributed by atoms with Crippen molar-refractivity contribution in [2.24, 2.45) is 0 Å². The van der Waals surface area contributed by atoms with Gasteiger partial charge in [-0.3, -0.25) is 0 Å². The van der Waals surface area contributed by atoms with Crippen molar-refractivity contribution in [3.8, 4) is 0 Å². The highest BCUT2D eigenvalue weighted by Gasteiger charge is 2.17. The van der Waals surface area contributed by atoms with E-state index in [1.165, 1.54) is 0 Å². The van der Waals surface area contributed by atoms with E-state index in [0.29, 0.717) is 16.3 Å². The highest BCUT2D eigenvalue weighted by atomic mass is 35.5. The summed E-state index contributed by atoms with van der Waals surface area (Å²) in [6.45, 7) is 9.10. The van der Waals surface area contributed by atoms with Crippen molar-refractivity contribution in [2.75, 3.05) is 5.73 Å². The quantitative estimate of drug-likeness (QED) is 0.507. The van der Waals surface area contributed by atoms with Gasteiger partial charge in [-0.25, -0.2) is 4.79 Å². The Labute approximate surface area is 119 Å². The number of ether oxygens (including phenoxy) is 1. The summed E-state index contributed by atoms with van der Waals surface area (Å²) >= 11 is 5.93. The normalized spacial score (nSPS) is 12.4. The molecule has 2 N–H and O–H groups in total. The fourth-order valence-corrected chi connectivity index (χ4v) is 1.72. The van der Waals surface area contributed by atoms with Crippen molar-refractivity contribution in [1.29, 1.82) is 0 Å². The van der Waals surface area contributed by atoms with E-state index < -0.39 is 5.60 Å². The van der Waals surface area contributed by atoms with E-state index in [9.17, 15) is 4.79 Å². The fourth-order valence-electron chi connectivity index (χ4n) is 1.52. The molecule has 0 radical (unpaired) electrons. The number of rotatable bonds is 2. The zero-order chi connectivity index (χ0) is 14.8. The molecule has 0 heterocycles. The molecule has 19 heavy (non-hydrogen) atoms. The van der Waals surface area contributed by atoms with Gasteiger partial charge in [0.05, 0.1) is 10.7 Å². The lowest BCUT2D eigenvalue weighted by atomic mass is 10.0.